The minimum atomic E-state index is -0.655. The highest BCUT2D eigenvalue weighted by Crippen LogP contribution is 2.32. The average Bonchev–Trinajstić information content (AvgIpc) is 3.10. The standard InChI is InChI=1S/C23H22N4O3/c1-12-7-8-14(11-13(12)2)27-22(29)18(21(28)26-23(27)30)20-19-16(9-10-24-20)15-5-3-4-6-17(15)25-19/h3-8,11,20,24-25,29H,9-10H2,1-2H3,(H,26,28,30)/p+1/t20-/m0/s1. The number of hydrogen-bond acceptors (Lipinski definition) is 3. The van der Waals surface area contributed by atoms with Gasteiger partial charge in [0.1, 0.15) is 5.56 Å². The normalized spacial score (nSPS) is 16.0. The number of aromatic nitrogens is 3. The summed E-state index contributed by atoms with van der Waals surface area (Å²) < 4.78 is 1.17. The van der Waals surface area contributed by atoms with Gasteiger partial charge in [-0.2, -0.15) is 0 Å². The van der Waals surface area contributed by atoms with Gasteiger partial charge in [-0.05, 0) is 48.7 Å². The highest BCUT2D eigenvalue weighted by molar-refractivity contribution is 5.85. The highest BCUT2D eigenvalue weighted by Gasteiger charge is 2.34. The molecule has 30 heavy (non-hydrogen) atoms. The molecule has 152 valence electrons. The molecule has 3 heterocycles. The Morgan fingerprint density at radius 1 is 1.07 bits per heavy atom. The smallest absolute Gasteiger partial charge is 0.335 e. The number of aromatic hydroxyl groups is 1. The molecule has 1 aliphatic heterocycles. The fraction of sp³-hybridized carbons (Fsp3) is 0.217. The van der Waals surface area contributed by atoms with Crippen LogP contribution in [-0.2, 0) is 6.42 Å². The summed E-state index contributed by atoms with van der Waals surface area (Å²) in [6.07, 6.45) is 0.866. The molecule has 0 saturated carbocycles. The number of nitrogens with zero attached hydrogens (tertiary/aromatic N) is 1. The number of benzene rings is 2. The van der Waals surface area contributed by atoms with Crippen LogP contribution in [0.2, 0.25) is 0 Å². The lowest BCUT2D eigenvalue weighted by Gasteiger charge is -2.22. The summed E-state index contributed by atoms with van der Waals surface area (Å²) in [6, 6.07) is 13.1. The Kier molecular flexibility index (Phi) is 4.15. The van der Waals surface area contributed by atoms with Crippen LogP contribution in [0.5, 0.6) is 5.88 Å². The van der Waals surface area contributed by atoms with Crippen LogP contribution < -0.4 is 16.6 Å². The number of fused-ring (bicyclic) bond motifs is 3. The van der Waals surface area contributed by atoms with Crippen molar-refractivity contribution < 1.29 is 10.4 Å². The maximum absolute atomic E-state index is 12.8. The molecule has 0 aliphatic carbocycles. The molecule has 4 aromatic rings. The summed E-state index contributed by atoms with van der Waals surface area (Å²) in [5.74, 6) is -0.320. The van der Waals surface area contributed by atoms with Crippen LogP contribution in [-0.4, -0.2) is 26.2 Å². The van der Waals surface area contributed by atoms with Crippen LogP contribution in [0, 0.1) is 13.8 Å². The number of nitrogens with one attached hydrogen (secondary N) is 2. The number of aryl methyl sites for hydroxylation is 2. The van der Waals surface area contributed by atoms with Gasteiger partial charge in [0.25, 0.3) is 5.56 Å². The lowest BCUT2D eigenvalue weighted by molar-refractivity contribution is -0.690. The van der Waals surface area contributed by atoms with Crippen molar-refractivity contribution in [2.45, 2.75) is 26.3 Å². The molecule has 0 fully saturated rings. The van der Waals surface area contributed by atoms with Gasteiger partial charge >= 0.3 is 5.69 Å². The average molecular weight is 403 g/mol. The van der Waals surface area contributed by atoms with Gasteiger partial charge in [-0.3, -0.25) is 9.78 Å². The summed E-state index contributed by atoms with van der Waals surface area (Å²) in [5, 5.41) is 14.3. The molecule has 0 saturated heterocycles. The summed E-state index contributed by atoms with van der Waals surface area (Å²) in [6.45, 7) is 4.70. The van der Waals surface area contributed by atoms with Crippen LogP contribution >= 0.6 is 0 Å². The van der Waals surface area contributed by atoms with E-state index in [1.807, 2.05) is 49.5 Å². The Bertz CT molecular complexity index is 1410. The molecular weight excluding hydrogens is 380 g/mol. The highest BCUT2D eigenvalue weighted by atomic mass is 16.3. The molecular formula is C23H23N4O3+. The van der Waals surface area contributed by atoms with E-state index in [2.05, 4.69) is 16.0 Å². The Balaban J connectivity index is 1.74. The van der Waals surface area contributed by atoms with Gasteiger partial charge in [0.05, 0.1) is 17.9 Å². The number of rotatable bonds is 2. The third-order valence-corrected chi connectivity index (χ3v) is 6.13. The van der Waals surface area contributed by atoms with Crippen LogP contribution in [0.3, 0.4) is 0 Å². The fourth-order valence-corrected chi connectivity index (χ4v) is 4.45. The minimum Gasteiger partial charge on any atom is -0.494 e. The van der Waals surface area contributed by atoms with Crippen LogP contribution in [0.25, 0.3) is 16.6 Å². The first-order valence-electron chi connectivity index (χ1n) is 10.0. The molecule has 0 unspecified atom stereocenters. The zero-order chi connectivity index (χ0) is 21.0. The van der Waals surface area contributed by atoms with Gasteiger partial charge in [-0.1, -0.05) is 24.3 Å². The number of aromatic amines is 2. The van der Waals surface area contributed by atoms with Crippen molar-refractivity contribution in [3.63, 3.8) is 0 Å². The number of nitrogens with two attached hydrogens (primary N) is 1. The zero-order valence-corrected chi connectivity index (χ0v) is 16.8. The predicted octanol–water partition coefficient (Wildman–Crippen LogP) is 1.54. The third kappa shape index (κ3) is 2.70. The van der Waals surface area contributed by atoms with Crippen molar-refractivity contribution in [2.24, 2.45) is 0 Å². The maximum Gasteiger partial charge on any atom is 0.335 e. The first-order chi connectivity index (χ1) is 14.5. The van der Waals surface area contributed by atoms with Crippen molar-refractivity contribution in [1.29, 1.82) is 0 Å². The van der Waals surface area contributed by atoms with E-state index in [1.54, 1.807) is 6.07 Å². The minimum absolute atomic E-state index is 0.181. The molecule has 7 nitrogen and oxygen atoms in total. The van der Waals surface area contributed by atoms with E-state index in [1.165, 1.54) is 4.57 Å². The number of quaternary nitrogens is 1. The summed E-state index contributed by atoms with van der Waals surface area (Å²) in [7, 11) is 0. The molecule has 0 spiro atoms. The molecule has 5 rings (SSSR count). The monoisotopic (exact) mass is 403 g/mol. The first-order valence-corrected chi connectivity index (χ1v) is 10.0. The van der Waals surface area contributed by atoms with Crippen LogP contribution in [0.15, 0.2) is 52.1 Å². The van der Waals surface area contributed by atoms with Crippen molar-refractivity contribution >= 4 is 10.9 Å². The second-order valence-electron chi connectivity index (χ2n) is 7.92. The SMILES string of the molecule is Cc1ccc(-n2c(O)c([C@@H]3[NH2+]CCc4c3[nH]c3ccccc43)c(=O)[nH]c2=O)cc1C. The molecule has 1 atom stereocenters. The Morgan fingerprint density at radius 3 is 2.67 bits per heavy atom. The van der Waals surface area contributed by atoms with E-state index in [-0.39, 0.29) is 11.4 Å². The van der Waals surface area contributed by atoms with E-state index >= 15 is 0 Å². The molecule has 0 amide bonds. The molecule has 5 N–H and O–H groups in total. The summed E-state index contributed by atoms with van der Waals surface area (Å²) >= 11 is 0. The first kappa shape index (κ1) is 18.4. The van der Waals surface area contributed by atoms with E-state index in [0.717, 1.165) is 46.3 Å². The Morgan fingerprint density at radius 2 is 1.87 bits per heavy atom. The molecule has 2 aromatic carbocycles. The van der Waals surface area contributed by atoms with Crippen molar-refractivity contribution in [1.82, 2.24) is 14.5 Å². The molecule has 7 heteroatoms. The van der Waals surface area contributed by atoms with Gasteiger partial charge in [0.15, 0.2) is 6.04 Å². The maximum atomic E-state index is 12.8. The van der Waals surface area contributed by atoms with Gasteiger partial charge in [-0.25, -0.2) is 9.36 Å². The summed E-state index contributed by atoms with van der Waals surface area (Å²) in [5.41, 5.74) is 4.61. The van der Waals surface area contributed by atoms with Crippen molar-refractivity contribution in [2.75, 3.05) is 6.54 Å². The van der Waals surface area contributed by atoms with Crippen LogP contribution in [0.1, 0.15) is 34.0 Å². The number of H-pyrrole nitrogens is 2. The third-order valence-electron chi connectivity index (χ3n) is 6.13. The molecule has 1 aliphatic rings. The van der Waals surface area contributed by atoms with Gasteiger partial charge in [-0.15, -0.1) is 0 Å². The number of para-hydroxylation sites is 1. The van der Waals surface area contributed by atoms with E-state index in [9.17, 15) is 14.7 Å². The van der Waals surface area contributed by atoms with E-state index in [4.69, 9.17) is 0 Å². The lowest BCUT2D eigenvalue weighted by atomic mass is 9.95. The summed E-state index contributed by atoms with van der Waals surface area (Å²) in [4.78, 5) is 31.3. The fourth-order valence-electron chi connectivity index (χ4n) is 4.45. The Labute approximate surface area is 172 Å². The quantitative estimate of drug-likeness (QED) is 0.408. The van der Waals surface area contributed by atoms with Gasteiger partial charge < -0.3 is 15.4 Å². The molecule has 0 bridgehead atoms. The second kappa shape index (κ2) is 6.74. The second-order valence-corrected chi connectivity index (χ2v) is 7.92. The molecule has 2 aromatic heterocycles. The van der Waals surface area contributed by atoms with Crippen molar-refractivity contribution in [3.8, 4) is 11.6 Å². The topological polar surface area (TPSA) is 107 Å². The predicted molar refractivity (Wildman–Crippen MR) is 114 cm³/mol. The molecule has 0 radical (unpaired) electrons. The Hall–Kier alpha value is -3.58. The van der Waals surface area contributed by atoms with Crippen LogP contribution in [0.4, 0.5) is 0 Å². The van der Waals surface area contributed by atoms with E-state index in [0.29, 0.717) is 5.69 Å². The lowest BCUT2D eigenvalue weighted by Crippen LogP contribution is -2.87. The van der Waals surface area contributed by atoms with Gasteiger partial charge in [0.2, 0.25) is 5.88 Å². The zero-order valence-electron chi connectivity index (χ0n) is 16.8. The largest absolute Gasteiger partial charge is 0.494 e. The van der Waals surface area contributed by atoms with Crippen molar-refractivity contribution in [3.05, 3.63) is 91.3 Å². The van der Waals surface area contributed by atoms with Gasteiger partial charge in [0, 0.05) is 17.3 Å². The number of hydrogen-bond donors (Lipinski definition) is 4. The van der Waals surface area contributed by atoms with E-state index < -0.39 is 17.3 Å².